The summed E-state index contributed by atoms with van der Waals surface area (Å²) >= 11 is 5.92. The third kappa shape index (κ3) is 6.77. The highest BCUT2D eigenvalue weighted by Crippen LogP contribution is 2.22. The van der Waals surface area contributed by atoms with Crippen molar-refractivity contribution >= 4 is 29.1 Å². The van der Waals surface area contributed by atoms with Gasteiger partial charge in [0.15, 0.2) is 0 Å². The fourth-order valence-electron chi connectivity index (χ4n) is 4.03. The molecule has 0 atom stereocenters. The van der Waals surface area contributed by atoms with E-state index < -0.39 is 0 Å². The van der Waals surface area contributed by atoms with Gasteiger partial charge in [-0.05, 0) is 55.6 Å². The van der Waals surface area contributed by atoms with Crippen LogP contribution >= 0.6 is 11.6 Å². The molecule has 7 heteroatoms. The lowest BCUT2D eigenvalue weighted by Crippen LogP contribution is -2.41. The van der Waals surface area contributed by atoms with Crippen LogP contribution in [0.1, 0.15) is 42.6 Å². The lowest BCUT2D eigenvalue weighted by molar-refractivity contribution is -0.136. The number of rotatable bonds is 7. The van der Waals surface area contributed by atoms with Gasteiger partial charge in [-0.25, -0.2) is 0 Å². The molecule has 1 aliphatic heterocycles. The van der Waals surface area contributed by atoms with Crippen molar-refractivity contribution in [1.29, 1.82) is 0 Å². The van der Waals surface area contributed by atoms with Crippen LogP contribution < -0.4 is 5.32 Å². The van der Waals surface area contributed by atoms with Gasteiger partial charge in [0.2, 0.25) is 5.91 Å². The molecule has 166 valence electrons. The normalized spacial score (nSPS) is 15.1. The number of halogens is 1. The first-order valence-electron chi connectivity index (χ1n) is 10.8. The second kappa shape index (κ2) is 10.7. The average molecular weight is 443 g/mol. The Hall–Kier alpha value is -2.44. The fourth-order valence-corrected chi connectivity index (χ4v) is 4.21. The number of amides is 2. The maximum Gasteiger partial charge on any atom is 0.257 e. The van der Waals surface area contributed by atoms with E-state index in [1.807, 2.05) is 30.1 Å². The summed E-state index contributed by atoms with van der Waals surface area (Å²) in [6, 6.07) is 9.46. The quantitative estimate of drug-likeness (QED) is 0.693. The van der Waals surface area contributed by atoms with Crippen molar-refractivity contribution in [3.05, 3.63) is 58.9 Å². The first-order valence-corrected chi connectivity index (χ1v) is 11.2. The van der Waals surface area contributed by atoms with Gasteiger partial charge < -0.3 is 10.2 Å². The van der Waals surface area contributed by atoms with E-state index in [1.165, 1.54) is 12.4 Å². The summed E-state index contributed by atoms with van der Waals surface area (Å²) < 4.78 is 0. The van der Waals surface area contributed by atoms with Crippen molar-refractivity contribution in [3.8, 4) is 0 Å². The van der Waals surface area contributed by atoms with Crippen LogP contribution in [0.3, 0.4) is 0 Å². The lowest BCUT2D eigenvalue weighted by atomic mass is 9.94. The first-order chi connectivity index (χ1) is 14.8. The third-order valence-electron chi connectivity index (χ3n) is 5.51. The summed E-state index contributed by atoms with van der Waals surface area (Å²) in [4.78, 5) is 33.3. The molecule has 0 spiro atoms. The second-order valence-corrected chi connectivity index (χ2v) is 9.15. The Labute approximate surface area is 189 Å². The van der Waals surface area contributed by atoms with Crippen LogP contribution in [0.5, 0.6) is 0 Å². The predicted molar refractivity (Wildman–Crippen MR) is 124 cm³/mol. The molecule has 1 aliphatic rings. The van der Waals surface area contributed by atoms with E-state index in [0.29, 0.717) is 16.5 Å². The van der Waals surface area contributed by atoms with E-state index in [9.17, 15) is 9.59 Å². The van der Waals surface area contributed by atoms with Gasteiger partial charge in [0.25, 0.3) is 5.91 Å². The van der Waals surface area contributed by atoms with Gasteiger partial charge in [0.05, 0.1) is 10.6 Å². The number of aromatic nitrogens is 1. The van der Waals surface area contributed by atoms with Gasteiger partial charge >= 0.3 is 0 Å². The highest BCUT2D eigenvalue weighted by atomic mass is 35.5. The predicted octanol–water partition coefficient (Wildman–Crippen LogP) is 4.31. The monoisotopic (exact) mass is 442 g/mol. The summed E-state index contributed by atoms with van der Waals surface area (Å²) in [6.45, 7) is 7.67. The number of nitrogens with zero attached hydrogens (tertiary/aromatic N) is 3. The Morgan fingerprint density at radius 1 is 1.23 bits per heavy atom. The van der Waals surface area contributed by atoms with Crippen molar-refractivity contribution in [2.75, 3.05) is 32.0 Å². The zero-order valence-electron chi connectivity index (χ0n) is 18.5. The molecule has 1 aromatic carbocycles. The number of likely N-dealkylation sites (tertiary alicyclic amines) is 1. The summed E-state index contributed by atoms with van der Waals surface area (Å²) in [7, 11) is 1.91. The minimum atomic E-state index is -0.239. The van der Waals surface area contributed by atoms with Gasteiger partial charge in [-0.3, -0.25) is 19.5 Å². The molecule has 0 unspecified atom stereocenters. The van der Waals surface area contributed by atoms with E-state index in [-0.39, 0.29) is 17.7 Å². The SMILES string of the molecule is CC(C)CN(C)C(=O)C1CCN(Cc2cccc(NC(=O)c3cncc(Cl)c3)c2)CC1. The van der Waals surface area contributed by atoms with E-state index in [1.54, 1.807) is 6.07 Å². The standard InChI is InChI=1S/C24H31ClN4O2/c1-17(2)15-28(3)24(31)19-7-9-29(10-8-19)16-18-5-4-6-22(11-18)27-23(30)20-12-21(25)14-26-13-20/h4-6,11-14,17,19H,7-10,15-16H2,1-3H3,(H,27,30). The number of hydrogen-bond donors (Lipinski definition) is 1. The smallest absolute Gasteiger partial charge is 0.257 e. The molecule has 2 heterocycles. The zero-order valence-corrected chi connectivity index (χ0v) is 19.2. The molecule has 0 bridgehead atoms. The first kappa shape index (κ1) is 23.2. The van der Waals surface area contributed by atoms with Crippen LogP contribution in [0, 0.1) is 11.8 Å². The molecule has 1 saturated heterocycles. The van der Waals surface area contributed by atoms with Crippen LogP contribution in [0.2, 0.25) is 5.02 Å². The fraction of sp³-hybridized carbons (Fsp3) is 0.458. The number of carbonyl (C=O) groups is 2. The molecular weight excluding hydrogens is 412 g/mol. The van der Waals surface area contributed by atoms with E-state index in [0.717, 1.165) is 50.3 Å². The Kier molecular flexibility index (Phi) is 8.04. The maximum absolute atomic E-state index is 12.6. The second-order valence-electron chi connectivity index (χ2n) is 8.71. The highest BCUT2D eigenvalue weighted by molar-refractivity contribution is 6.30. The number of carbonyl (C=O) groups excluding carboxylic acids is 2. The van der Waals surface area contributed by atoms with Crippen molar-refractivity contribution in [2.45, 2.75) is 33.2 Å². The Balaban J connectivity index is 1.52. The molecule has 6 nitrogen and oxygen atoms in total. The molecule has 1 N–H and O–H groups in total. The highest BCUT2D eigenvalue weighted by Gasteiger charge is 2.27. The minimum absolute atomic E-state index is 0.122. The van der Waals surface area contributed by atoms with Gasteiger partial charge in [-0.1, -0.05) is 37.6 Å². The van der Waals surface area contributed by atoms with Crippen molar-refractivity contribution in [1.82, 2.24) is 14.8 Å². The zero-order chi connectivity index (χ0) is 22.4. The van der Waals surface area contributed by atoms with Crippen molar-refractivity contribution in [3.63, 3.8) is 0 Å². The summed E-state index contributed by atoms with van der Waals surface area (Å²) in [6.07, 6.45) is 4.77. The molecule has 0 radical (unpaired) electrons. The number of nitrogens with one attached hydrogen (secondary N) is 1. The molecule has 1 fully saturated rings. The minimum Gasteiger partial charge on any atom is -0.345 e. The molecule has 2 amide bonds. The van der Waals surface area contributed by atoms with Crippen LogP contribution in [0.4, 0.5) is 5.69 Å². The van der Waals surface area contributed by atoms with E-state index in [2.05, 4.69) is 35.1 Å². The molecule has 3 rings (SSSR count). The number of piperidine rings is 1. The molecule has 0 aliphatic carbocycles. The maximum atomic E-state index is 12.6. The van der Waals surface area contributed by atoms with Crippen LogP contribution in [-0.2, 0) is 11.3 Å². The lowest BCUT2D eigenvalue weighted by Gasteiger charge is -2.33. The van der Waals surface area contributed by atoms with Gasteiger partial charge in [0.1, 0.15) is 0 Å². The summed E-state index contributed by atoms with van der Waals surface area (Å²) in [5.74, 6) is 0.638. The third-order valence-corrected chi connectivity index (χ3v) is 5.72. The van der Waals surface area contributed by atoms with Crippen LogP contribution in [0.25, 0.3) is 0 Å². The molecule has 1 aromatic heterocycles. The Bertz CT molecular complexity index is 910. The van der Waals surface area contributed by atoms with Crippen LogP contribution in [0.15, 0.2) is 42.7 Å². The van der Waals surface area contributed by atoms with E-state index >= 15 is 0 Å². The molecule has 0 saturated carbocycles. The largest absolute Gasteiger partial charge is 0.345 e. The topological polar surface area (TPSA) is 65.5 Å². The molecule has 2 aromatic rings. The van der Waals surface area contributed by atoms with Crippen molar-refractivity contribution < 1.29 is 9.59 Å². The molecule has 31 heavy (non-hydrogen) atoms. The molecular formula is C24H31ClN4O2. The summed E-state index contributed by atoms with van der Waals surface area (Å²) in [5.41, 5.74) is 2.29. The summed E-state index contributed by atoms with van der Waals surface area (Å²) in [5, 5.41) is 3.34. The van der Waals surface area contributed by atoms with Crippen molar-refractivity contribution in [2.24, 2.45) is 11.8 Å². The average Bonchev–Trinajstić information content (AvgIpc) is 2.73. The van der Waals surface area contributed by atoms with Gasteiger partial charge in [0, 0.05) is 44.1 Å². The van der Waals surface area contributed by atoms with Gasteiger partial charge in [-0.2, -0.15) is 0 Å². The Morgan fingerprint density at radius 2 is 1.97 bits per heavy atom. The van der Waals surface area contributed by atoms with Crippen LogP contribution in [-0.4, -0.2) is 53.3 Å². The number of pyridine rings is 1. The number of hydrogen-bond acceptors (Lipinski definition) is 4. The Morgan fingerprint density at radius 3 is 2.65 bits per heavy atom. The number of benzene rings is 1. The van der Waals surface area contributed by atoms with Gasteiger partial charge in [-0.15, -0.1) is 0 Å². The van der Waals surface area contributed by atoms with E-state index in [4.69, 9.17) is 11.6 Å². The number of anilines is 1.